The Kier molecular flexibility index (Phi) is 4.41. The summed E-state index contributed by atoms with van der Waals surface area (Å²) >= 11 is 1.26. The fourth-order valence-corrected chi connectivity index (χ4v) is 4.76. The number of non-ortho nitro benzene ring substituents is 1. The van der Waals surface area contributed by atoms with E-state index in [0.717, 1.165) is 22.7 Å². The number of aryl methyl sites for hydroxylation is 2. The van der Waals surface area contributed by atoms with Gasteiger partial charge in [-0.1, -0.05) is 12.1 Å². The third-order valence-electron chi connectivity index (χ3n) is 5.45. The Balaban J connectivity index is 1.83. The van der Waals surface area contributed by atoms with E-state index in [1.807, 2.05) is 6.92 Å². The largest absolute Gasteiger partial charge is 0.450 e. The summed E-state index contributed by atoms with van der Waals surface area (Å²) in [6, 6.07) is 8.18. The second-order valence-electron chi connectivity index (χ2n) is 7.38. The van der Waals surface area contributed by atoms with E-state index in [1.54, 1.807) is 13.0 Å². The van der Waals surface area contributed by atoms with Crippen molar-refractivity contribution < 1.29 is 18.5 Å². The van der Waals surface area contributed by atoms with E-state index >= 15 is 0 Å². The van der Waals surface area contributed by atoms with Crippen LogP contribution in [0.3, 0.4) is 0 Å². The van der Waals surface area contributed by atoms with E-state index in [2.05, 4.69) is 4.98 Å². The first-order chi connectivity index (χ1) is 15.3. The first-order valence-corrected chi connectivity index (χ1v) is 10.4. The van der Waals surface area contributed by atoms with Crippen molar-refractivity contribution >= 4 is 39.0 Å². The van der Waals surface area contributed by atoms with Gasteiger partial charge in [0.1, 0.15) is 11.4 Å². The molecule has 4 aromatic rings. The Morgan fingerprint density at radius 1 is 1.19 bits per heavy atom. The number of nitro benzene ring substituents is 1. The summed E-state index contributed by atoms with van der Waals surface area (Å²) in [7, 11) is 0. The quantitative estimate of drug-likeness (QED) is 0.331. The highest BCUT2D eigenvalue weighted by atomic mass is 32.1. The summed E-state index contributed by atoms with van der Waals surface area (Å²) < 4.78 is 19.6. The van der Waals surface area contributed by atoms with Crippen LogP contribution in [0.4, 0.5) is 15.2 Å². The second kappa shape index (κ2) is 7.06. The van der Waals surface area contributed by atoms with Gasteiger partial charge in [-0.15, -0.1) is 11.3 Å². The number of hydrogen-bond donors (Lipinski definition) is 0. The molecule has 5 rings (SSSR count). The first-order valence-electron chi connectivity index (χ1n) is 9.54. The SMILES string of the molecule is Cc1nc(N2C(=O)c3oc4ccc(F)cc4c(=O)c3C2c2cccc([N+](=O)[O-])c2)sc1C. The molecule has 1 aliphatic heterocycles. The van der Waals surface area contributed by atoms with Crippen LogP contribution < -0.4 is 10.3 Å². The van der Waals surface area contributed by atoms with Crippen LogP contribution in [0.15, 0.2) is 51.7 Å². The average Bonchev–Trinajstić information content (AvgIpc) is 3.25. The highest BCUT2D eigenvalue weighted by molar-refractivity contribution is 7.15. The molecule has 0 saturated heterocycles. The number of thiazole rings is 1. The van der Waals surface area contributed by atoms with Gasteiger partial charge in [0.25, 0.3) is 11.6 Å². The first kappa shape index (κ1) is 20.0. The van der Waals surface area contributed by atoms with Gasteiger partial charge in [-0.2, -0.15) is 0 Å². The number of hydrogen-bond acceptors (Lipinski definition) is 7. The molecule has 0 aliphatic carbocycles. The molecule has 0 fully saturated rings. The number of halogens is 1. The number of nitrogens with zero attached hydrogens (tertiary/aromatic N) is 3. The maximum atomic E-state index is 13.9. The van der Waals surface area contributed by atoms with Crippen molar-refractivity contribution in [3.8, 4) is 0 Å². The molecule has 32 heavy (non-hydrogen) atoms. The molecule has 8 nitrogen and oxygen atoms in total. The van der Waals surface area contributed by atoms with Crippen molar-refractivity contribution in [2.75, 3.05) is 4.90 Å². The number of aromatic nitrogens is 1. The van der Waals surface area contributed by atoms with Crippen molar-refractivity contribution in [2.45, 2.75) is 19.9 Å². The lowest BCUT2D eigenvalue weighted by Crippen LogP contribution is -2.29. The van der Waals surface area contributed by atoms with Crippen molar-refractivity contribution in [1.82, 2.24) is 4.98 Å². The molecule has 0 spiro atoms. The van der Waals surface area contributed by atoms with Gasteiger partial charge in [0.15, 0.2) is 10.6 Å². The number of anilines is 1. The molecule has 160 valence electrons. The van der Waals surface area contributed by atoms with Crippen molar-refractivity contribution in [1.29, 1.82) is 0 Å². The third-order valence-corrected chi connectivity index (χ3v) is 6.52. The van der Waals surface area contributed by atoms with E-state index in [1.165, 1.54) is 40.5 Å². The molecule has 1 amide bonds. The van der Waals surface area contributed by atoms with Gasteiger partial charge in [0.2, 0.25) is 5.76 Å². The standard InChI is InChI=1S/C22H14FN3O5S/c1-10-11(2)32-22(24-10)25-18(12-4-3-5-14(8-12)26(29)30)17-19(27)15-9-13(23)6-7-16(15)31-20(17)21(25)28/h3-9,18H,1-2H3. The van der Waals surface area contributed by atoms with Crippen LogP contribution in [0.1, 0.15) is 38.3 Å². The zero-order chi connectivity index (χ0) is 22.7. The molecule has 0 N–H and O–H groups in total. The van der Waals surface area contributed by atoms with Gasteiger partial charge in [0, 0.05) is 17.0 Å². The van der Waals surface area contributed by atoms with Crippen molar-refractivity contribution in [3.63, 3.8) is 0 Å². The molecule has 10 heteroatoms. The van der Waals surface area contributed by atoms with Crippen LogP contribution in [-0.2, 0) is 0 Å². The topological polar surface area (TPSA) is 107 Å². The van der Waals surface area contributed by atoms with Crippen molar-refractivity contribution in [3.05, 3.63) is 96.1 Å². The van der Waals surface area contributed by atoms with Gasteiger partial charge >= 0.3 is 0 Å². The highest BCUT2D eigenvalue weighted by Crippen LogP contribution is 2.43. The van der Waals surface area contributed by atoms with E-state index in [-0.39, 0.29) is 28.0 Å². The second-order valence-corrected chi connectivity index (χ2v) is 8.56. The lowest BCUT2D eigenvalue weighted by Gasteiger charge is -2.22. The Hall–Kier alpha value is -3.92. The number of nitro groups is 1. The average molecular weight is 451 g/mol. The third kappa shape index (κ3) is 2.91. The number of fused-ring (bicyclic) bond motifs is 2. The number of carbonyl (C=O) groups is 1. The van der Waals surface area contributed by atoms with Gasteiger partial charge < -0.3 is 4.42 Å². The zero-order valence-electron chi connectivity index (χ0n) is 16.8. The summed E-state index contributed by atoms with van der Waals surface area (Å²) in [6.45, 7) is 3.65. The zero-order valence-corrected chi connectivity index (χ0v) is 17.6. The Morgan fingerprint density at radius 3 is 2.66 bits per heavy atom. The van der Waals surface area contributed by atoms with Gasteiger partial charge in [-0.25, -0.2) is 9.37 Å². The van der Waals surface area contributed by atoms with Crippen LogP contribution in [0.25, 0.3) is 11.0 Å². The molecule has 1 atom stereocenters. The van der Waals surface area contributed by atoms with E-state index in [9.17, 15) is 24.1 Å². The van der Waals surface area contributed by atoms with Crippen LogP contribution in [0.5, 0.6) is 0 Å². The summed E-state index contributed by atoms with van der Waals surface area (Å²) in [5.41, 5.74) is 0.385. The summed E-state index contributed by atoms with van der Waals surface area (Å²) in [6.07, 6.45) is 0. The Bertz CT molecular complexity index is 1490. The smallest absolute Gasteiger partial charge is 0.297 e. The molecule has 3 heterocycles. The number of benzene rings is 2. The minimum absolute atomic E-state index is 0.000830. The fraction of sp³-hybridized carbons (Fsp3) is 0.136. The molecule has 0 radical (unpaired) electrons. The highest BCUT2D eigenvalue weighted by Gasteiger charge is 2.45. The number of carbonyl (C=O) groups excluding carboxylic acids is 1. The van der Waals surface area contributed by atoms with Crippen molar-refractivity contribution in [2.24, 2.45) is 0 Å². The molecule has 2 aromatic carbocycles. The maximum Gasteiger partial charge on any atom is 0.297 e. The normalized spacial score (nSPS) is 15.4. The van der Waals surface area contributed by atoms with Crippen LogP contribution in [0, 0.1) is 29.8 Å². The van der Waals surface area contributed by atoms with E-state index < -0.39 is 28.1 Å². The minimum Gasteiger partial charge on any atom is -0.450 e. The predicted octanol–water partition coefficient (Wildman–Crippen LogP) is 4.66. The molecule has 2 aromatic heterocycles. The molecular weight excluding hydrogens is 437 g/mol. The Morgan fingerprint density at radius 2 is 1.97 bits per heavy atom. The monoisotopic (exact) mass is 451 g/mol. The minimum atomic E-state index is -1.01. The van der Waals surface area contributed by atoms with Gasteiger partial charge in [0.05, 0.1) is 27.6 Å². The van der Waals surface area contributed by atoms with Crippen LogP contribution in [-0.4, -0.2) is 15.8 Å². The van der Waals surface area contributed by atoms with Gasteiger partial charge in [-0.05, 0) is 37.6 Å². The molecule has 1 unspecified atom stereocenters. The summed E-state index contributed by atoms with van der Waals surface area (Å²) in [5, 5.41) is 11.7. The van der Waals surface area contributed by atoms with Gasteiger partial charge in [-0.3, -0.25) is 24.6 Å². The van der Waals surface area contributed by atoms with Crippen LogP contribution >= 0.6 is 11.3 Å². The lowest BCUT2D eigenvalue weighted by molar-refractivity contribution is -0.384. The molecule has 1 aliphatic rings. The fourth-order valence-electron chi connectivity index (χ4n) is 3.83. The summed E-state index contributed by atoms with van der Waals surface area (Å²) in [4.78, 5) is 44.3. The number of amides is 1. The maximum absolute atomic E-state index is 13.9. The molecule has 0 bridgehead atoms. The number of rotatable bonds is 3. The lowest BCUT2D eigenvalue weighted by atomic mass is 9.98. The predicted molar refractivity (Wildman–Crippen MR) is 116 cm³/mol. The van der Waals surface area contributed by atoms with E-state index in [0.29, 0.717) is 10.7 Å². The van der Waals surface area contributed by atoms with Crippen LogP contribution in [0.2, 0.25) is 0 Å². The molecular formula is C22H14FN3O5S. The summed E-state index contributed by atoms with van der Waals surface area (Å²) in [5.74, 6) is -1.39. The Labute approximate surface area is 183 Å². The van der Waals surface area contributed by atoms with E-state index in [4.69, 9.17) is 4.42 Å². The molecule has 0 saturated carbocycles.